The first kappa shape index (κ1) is 14.0. The molecule has 0 unspecified atom stereocenters. The lowest BCUT2D eigenvalue weighted by Gasteiger charge is -2.07. The van der Waals surface area contributed by atoms with Crippen LogP contribution in [0.5, 0.6) is 0 Å². The summed E-state index contributed by atoms with van der Waals surface area (Å²) in [5.74, 6) is 0.671. The van der Waals surface area contributed by atoms with Gasteiger partial charge >= 0.3 is 0 Å². The summed E-state index contributed by atoms with van der Waals surface area (Å²) in [5.41, 5.74) is 0.697. The average molecular weight is 316 g/mol. The van der Waals surface area contributed by atoms with E-state index in [1.807, 2.05) is 6.07 Å². The topological polar surface area (TPSA) is 21.3 Å². The Balaban J connectivity index is 1.55. The molecule has 0 aromatic heterocycles. The van der Waals surface area contributed by atoms with Crippen LogP contribution in [0.3, 0.4) is 0 Å². The largest absolute Gasteiger partial charge is 0.381 e. The van der Waals surface area contributed by atoms with Crippen molar-refractivity contribution < 1.29 is 9.13 Å². The van der Waals surface area contributed by atoms with Crippen molar-refractivity contribution in [2.75, 3.05) is 19.8 Å². The van der Waals surface area contributed by atoms with Gasteiger partial charge in [-0.05, 0) is 49.9 Å². The van der Waals surface area contributed by atoms with E-state index in [0.717, 1.165) is 36.6 Å². The number of hydrogen-bond donors (Lipinski definition) is 1. The van der Waals surface area contributed by atoms with Crippen LogP contribution in [0.1, 0.15) is 24.8 Å². The summed E-state index contributed by atoms with van der Waals surface area (Å²) in [5, 5.41) is 3.23. The van der Waals surface area contributed by atoms with Gasteiger partial charge in [0.2, 0.25) is 0 Å². The molecular formula is C14H19BrFNO. The normalized spacial score (nSPS) is 15.0. The third-order valence-corrected chi connectivity index (χ3v) is 3.51. The highest BCUT2D eigenvalue weighted by atomic mass is 79.9. The molecule has 0 spiro atoms. The minimum absolute atomic E-state index is 0.157. The van der Waals surface area contributed by atoms with E-state index < -0.39 is 0 Å². The quantitative estimate of drug-likeness (QED) is 0.741. The van der Waals surface area contributed by atoms with Gasteiger partial charge in [0.1, 0.15) is 5.82 Å². The van der Waals surface area contributed by atoms with Gasteiger partial charge in [0.05, 0.1) is 0 Å². The molecule has 0 atom stereocenters. The molecule has 18 heavy (non-hydrogen) atoms. The molecule has 0 radical (unpaired) electrons. The zero-order valence-electron chi connectivity index (χ0n) is 10.4. The van der Waals surface area contributed by atoms with E-state index in [9.17, 15) is 4.39 Å². The second-order valence-electron chi connectivity index (χ2n) is 4.78. The molecule has 0 amide bonds. The monoisotopic (exact) mass is 315 g/mol. The predicted molar refractivity (Wildman–Crippen MR) is 74.0 cm³/mol. The van der Waals surface area contributed by atoms with Crippen molar-refractivity contribution in [1.29, 1.82) is 0 Å². The molecule has 1 aromatic carbocycles. The first-order chi connectivity index (χ1) is 8.75. The molecule has 2 rings (SSSR count). The Morgan fingerprint density at radius 1 is 1.39 bits per heavy atom. The van der Waals surface area contributed by atoms with Crippen LogP contribution < -0.4 is 5.32 Å². The molecule has 2 nitrogen and oxygen atoms in total. The summed E-state index contributed by atoms with van der Waals surface area (Å²) in [4.78, 5) is 0. The van der Waals surface area contributed by atoms with E-state index in [-0.39, 0.29) is 5.82 Å². The van der Waals surface area contributed by atoms with Gasteiger partial charge in [0.15, 0.2) is 0 Å². The van der Waals surface area contributed by atoms with Crippen molar-refractivity contribution in [3.8, 4) is 0 Å². The molecule has 0 heterocycles. The van der Waals surface area contributed by atoms with Gasteiger partial charge in [-0.1, -0.05) is 15.9 Å². The molecule has 4 heteroatoms. The molecule has 1 aromatic rings. The van der Waals surface area contributed by atoms with Crippen LogP contribution in [0.15, 0.2) is 22.7 Å². The highest BCUT2D eigenvalue weighted by molar-refractivity contribution is 9.10. The van der Waals surface area contributed by atoms with Crippen molar-refractivity contribution in [3.63, 3.8) is 0 Å². The Labute approximate surface area is 116 Å². The molecule has 0 saturated heterocycles. The van der Waals surface area contributed by atoms with Crippen molar-refractivity contribution >= 4 is 15.9 Å². The Kier molecular flexibility index (Phi) is 5.60. The lowest BCUT2D eigenvalue weighted by Crippen LogP contribution is -2.17. The lowest BCUT2D eigenvalue weighted by molar-refractivity contribution is 0.122. The van der Waals surface area contributed by atoms with Gasteiger partial charge in [-0.2, -0.15) is 0 Å². The minimum Gasteiger partial charge on any atom is -0.381 e. The number of nitrogens with one attached hydrogen (secondary N) is 1. The van der Waals surface area contributed by atoms with E-state index in [2.05, 4.69) is 21.2 Å². The van der Waals surface area contributed by atoms with Crippen LogP contribution in [-0.2, 0) is 11.3 Å². The fourth-order valence-electron chi connectivity index (χ4n) is 1.74. The maximum Gasteiger partial charge on any atom is 0.127 e. The highest BCUT2D eigenvalue weighted by Gasteiger charge is 2.20. The van der Waals surface area contributed by atoms with Crippen LogP contribution >= 0.6 is 15.9 Å². The van der Waals surface area contributed by atoms with E-state index >= 15 is 0 Å². The Morgan fingerprint density at radius 2 is 2.22 bits per heavy atom. The van der Waals surface area contributed by atoms with Gasteiger partial charge in [-0.15, -0.1) is 0 Å². The fourth-order valence-corrected chi connectivity index (χ4v) is 2.14. The molecule has 1 N–H and O–H groups in total. The summed E-state index contributed by atoms with van der Waals surface area (Å²) < 4.78 is 19.9. The predicted octanol–water partition coefficient (Wildman–Crippen LogP) is 3.49. The molecule has 1 aliphatic rings. The van der Waals surface area contributed by atoms with Crippen LogP contribution in [0, 0.1) is 11.7 Å². The zero-order valence-corrected chi connectivity index (χ0v) is 12.0. The molecular weight excluding hydrogens is 297 g/mol. The Hall–Kier alpha value is -0.450. The first-order valence-corrected chi connectivity index (χ1v) is 7.27. The third-order valence-electron chi connectivity index (χ3n) is 3.02. The number of rotatable bonds is 8. The fraction of sp³-hybridized carbons (Fsp3) is 0.571. The molecule has 1 saturated carbocycles. The standard InChI is InChI=1S/C14H19BrFNO/c15-13-4-5-14(16)12(8-13)9-17-6-1-7-18-10-11-2-3-11/h4-5,8,11,17H,1-3,6-7,9-10H2. The molecule has 0 aliphatic heterocycles. The van der Waals surface area contributed by atoms with Crippen molar-refractivity contribution in [2.45, 2.75) is 25.8 Å². The van der Waals surface area contributed by atoms with Gasteiger partial charge in [0.25, 0.3) is 0 Å². The van der Waals surface area contributed by atoms with Gasteiger partial charge in [-0.25, -0.2) is 4.39 Å². The van der Waals surface area contributed by atoms with Crippen LogP contribution in [0.25, 0.3) is 0 Å². The van der Waals surface area contributed by atoms with E-state index in [4.69, 9.17) is 4.74 Å². The summed E-state index contributed by atoms with van der Waals surface area (Å²) in [7, 11) is 0. The summed E-state index contributed by atoms with van der Waals surface area (Å²) >= 11 is 3.34. The second kappa shape index (κ2) is 7.22. The zero-order chi connectivity index (χ0) is 12.8. The van der Waals surface area contributed by atoms with E-state index in [1.54, 1.807) is 6.07 Å². The lowest BCUT2D eigenvalue weighted by atomic mass is 10.2. The van der Waals surface area contributed by atoms with Gasteiger partial charge in [-0.3, -0.25) is 0 Å². The molecule has 0 bridgehead atoms. The average Bonchev–Trinajstić information content (AvgIpc) is 3.16. The highest BCUT2D eigenvalue weighted by Crippen LogP contribution is 2.28. The molecule has 1 aliphatic carbocycles. The van der Waals surface area contributed by atoms with Gasteiger partial charge < -0.3 is 10.1 Å². The van der Waals surface area contributed by atoms with E-state index in [0.29, 0.717) is 12.1 Å². The van der Waals surface area contributed by atoms with Crippen LogP contribution in [0.4, 0.5) is 4.39 Å². The Bertz CT molecular complexity index is 382. The summed E-state index contributed by atoms with van der Waals surface area (Å²) in [6, 6.07) is 5.01. The van der Waals surface area contributed by atoms with Gasteiger partial charge in [0, 0.05) is 29.8 Å². The number of benzene rings is 1. The van der Waals surface area contributed by atoms with Crippen molar-refractivity contribution in [2.24, 2.45) is 5.92 Å². The van der Waals surface area contributed by atoms with Crippen LogP contribution in [-0.4, -0.2) is 19.8 Å². The smallest absolute Gasteiger partial charge is 0.127 e. The number of hydrogen-bond acceptors (Lipinski definition) is 2. The summed E-state index contributed by atoms with van der Waals surface area (Å²) in [6.07, 6.45) is 3.64. The molecule has 1 fully saturated rings. The summed E-state index contributed by atoms with van der Waals surface area (Å²) in [6.45, 7) is 3.13. The third kappa shape index (κ3) is 5.04. The maximum atomic E-state index is 13.4. The van der Waals surface area contributed by atoms with Crippen molar-refractivity contribution in [1.82, 2.24) is 5.32 Å². The van der Waals surface area contributed by atoms with E-state index in [1.165, 1.54) is 18.9 Å². The Morgan fingerprint density at radius 3 is 3.00 bits per heavy atom. The molecule has 100 valence electrons. The SMILES string of the molecule is Fc1ccc(Br)cc1CNCCCOCC1CC1. The number of halogens is 2. The maximum absolute atomic E-state index is 13.4. The first-order valence-electron chi connectivity index (χ1n) is 6.48. The minimum atomic E-state index is -0.157. The van der Waals surface area contributed by atoms with Crippen molar-refractivity contribution in [3.05, 3.63) is 34.1 Å². The van der Waals surface area contributed by atoms with Crippen LogP contribution in [0.2, 0.25) is 0 Å². The second-order valence-corrected chi connectivity index (χ2v) is 5.70. The number of ether oxygens (including phenoxy) is 1.